The third kappa shape index (κ3) is 12.2. The van der Waals surface area contributed by atoms with Crippen molar-refractivity contribution in [2.24, 2.45) is 5.92 Å². The number of hydrogen-bond acceptors (Lipinski definition) is 12. The third-order valence-corrected chi connectivity index (χ3v) is 16.6. The van der Waals surface area contributed by atoms with E-state index in [4.69, 9.17) is 48.1 Å². The van der Waals surface area contributed by atoms with Crippen molar-refractivity contribution in [1.29, 1.82) is 0 Å². The van der Waals surface area contributed by atoms with Crippen molar-refractivity contribution in [3.63, 3.8) is 0 Å². The van der Waals surface area contributed by atoms with E-state index in [1.165, 1.54) is 18.2 Å². The molecule has 14 nitrogen and oxygen atoms in total. The Hall–Kier alpha value is -5.82. The van der Waals surface area contributed by atoms with Crippen LogP contribution < -0.4 is 11.1 Å². The highest BCUT2D eigenvalue weighted by Crippen LogP contribution is 2.37. The predicted molar refractivity (Wildman–Crippen MR) is 269 cm³/mol. The number of nitrogens with zero attached hydrogens (tertiary/aromatic N) is 4. The average molecular weight is 1040 g/mol. The molecule has 4 aromatic carbocycles. The van der Waals surface area contributed by atoms with E-state index in [1.54, 1.807) is 19.1 Å². The first-order valence-corrected chi connectivity index (χ1v) is 26.9. The van der Waals surface area contributed by atoms with Gasteiger partial charge < -0.3 is 29.8 Å². The molecular formula is C50H54Cl2F2N6O8S2. The fraction of sp³-hybridized carbons (Fsp3) is 0.360. The Morgan fingerprint density at radius 1 is 0.786 bits per heavy atom. The average Bonchev–Trinajstić information content (AvgIpc) is 4.11. The van der Waals surface area contributed by atoms with Crippen LogP contribution in [0.25, 0.3) is 33.3 Å². The summed E-state index contributed by atoms with van der Waals surface area (Å²) in [5.74, 6) is 0.505. The van der Waals surface area contributed by atoms with Crippen LogP contribution in [0.5, 0.6) is 0 Å². The second kappa shape index (κ2) is 21.3. The zero-order valence-corrected chi connectivity index (χ0v) is 42.5. The van der Waals surface area contributed by atoms with Gasteiger partial charge in [-0.15, -0.1) is 0 Å². The van der Waals surface area contributed by atoms with E-state index in [1.807, 2.05) is 77.1 Å². The highest BCUT2D eigenvalue weighted by Gasteiger charge is 2.33. The van der Waals surface area contributed by atoms with E-state index in [2.05, 4.69) is 20.2 Å². The lowest BCUT2D eigenvalue weighted by atomic mass is 10.00. The first-order chi connectivity index (χ1) is 33.0. The highest BCUT2D eigenvalue weighted by atomic mass is 35.5. The molecule has 0 bridgehead atoms. The molecular weight excluding hydrogens is 986 g/mol. The molecule has 5 heterocycles. The van der Waals surface area contributed by atoms with E-state index in [0.29, 0.717) is 36.9 Å². The lowest BCUT2D eigenvalue weighted by Gasteiger charge is -2.19. The Labute approximate surface area is 415 Å². The molecule has 0 saturated carbocycles. The van der Waals surface area contributed by atoms with Gasteiger partial charge in [0, 0.05) is 23.1 Å². The summed E-state index contributed by atoms with van der Waals surface area (Å²) in [6, 6.07) is 20.6. The number of anilines is 2. The number of hydrogen-bond donors (Lipinski definition) is 3. The number of aromatic nitrogens is 4. The van der Waals surface area contributed by atoms with E-state index in [0.717, 1.165) is 73.3 Å². The molecule has 4 N–H and O–H groups in total. The molecule has 3 aromatic heterocycles. The van der Waals surface area contributed by atoms with Gasteiger partial charge in [-0.05, 0) is 124 Å². The minimum atomic E-state index is -3.09. The van der Waals surface area contributed by atoms with Crippen LogP contribution >= 0.6 is 23.2 Å². The minimum absolute atomic E-state index is 0.0525. The molecule has 0 radical (unpaired) electrons. The Balaban J connectivity index is 0.000000172. The van der Waals surface area contributed by atoms with Gasteiger partial charge in [0.05, 0.1) is 78.8 Å². The molecule has 2 saturated heterocycles. The van der Waals surface area contributed by atoms with E-state index < -0.39 is 43.2 Å². The maximum Gasteiger partial charge on any atom is 0.306 e. The number of aliphatic carboxylic acids is 1. The number of carbonyl (C=O) groups is 1. The number of nitrogens with two attached hydrogens (primary N) is 1. The molecule has 4 atom stereocenters. The molecule has 372 valence electrons. The monoisotopic (exact) mass is 1040 g/mol. The summed E-state index contributed by atoms with van der Waals surface area (Å²) < 4.78 is 87.2. The van der Waals surface area contributed by atoms with Gasteiger partial charge in [0.2, 0.25) is 0 Å². The van der Waals surface area contributed by atoms with Gasteiger partial charge in [-0.25, -0.2) is 30.6 Å². The van der Waals surface area contributed by atoms with E-state index in [9.17, 15) is 30.4 Å². The molecule has 7 aromatic rings. The molecule has 0 amide bonds. The number of imidazole rings is 1. The molecule has 2 fully saturated rings. The van der Waals surface area contributed by atoms with Crippen LogP contribution in [0.4, 0.5) is 20.2 Å². The Bertz CT molecular complexity index is 3260. The topological polar surface area (TPSA) is 214 Å². The summed E-state index contributed by atoms with van der Waals surface area (Å²) in [5.41, 5.74) is 16.0. The highest BCUT2D eigenvalue weighted by molar-refractivity contribution is 7.91. The zero-order chi connectivity index (χ0) is 50.8. The fourth-order valence-electron chi connectivity index (χ4n) is 8.97. The molecule has 9 rings (SSSR count). The third-order valence-electron chi connectivity index (χ3n) is 12.5. The molecule has 70 heavy (non-hydrogen) atoms. The summed E-state index contributed by atoms with van der Waals surface area (Å²) in [4.78, 5) is 15.5. The van der Waals surface area contributed by atoms with E-state index in [-0.39, 0.29) is 51.1 Å². The second-order valence-corrected chi connectivity index (χ2v) is 23.4. The van der Waals surface area contributed by atoms with Crippen LogP contribution in [-0.4, -0.2) is 76.8 Å². The van der Waals surface area contributed by atoms with Crippen LogP contribution in [0.3, 0.4) is 0 Å². The molecule has 20 heteroatoms. The van der Waals surface area contributed by atoms with Crippen molar-refractivity contribution >= 4 is 71.3 Å². The van der Waals surface area contributed by atoms with Gasteiger partial charge in [0.25, 0.3) is 0 Å². The van der Waals surface area contributed by atoms with Crippen molar-refractivity contribution in [3.8, 4) is 22.3 Å². The van der Waals surface area contributed by atoms with Crippen LogP contribution in [0.15, 0.2) is 81.8 Å². The molecule has 0 aliphatic carbocycles. The quantitative estimate of drug-likeness (QED) is 0.103. The first kappa shape index (κ1) is 52.0. The van der Waals surface area contributed by atoms with Gasteiger partial charge in [-0.1, -0.05) is 71.6 Å². The van der Waals surface area contributed by atoms with Crippen LogP contribution in [0.2, 0.25) is 10.0 Å². The summed E-state index contributed by atoms with van der Waals surface area (Å²) >= 11 is 11.3. The molecule has 2 aliphatic rings. The summed E-state index contributed by atoms with van der Waals surface area (Å²) in [5, 5.41) is 20.0. The van der Waals surface area contributed by atoms with Crippen molar-refractivity contribution in [1.82, 2.24) is 19.9 Å². The molecule has 0 spiro atoms. The Morgan fingerprint density at radius 3 is 1.81 bits per heavy atom. The van der Waals surface area contributed by atoms with Gasteiger partial charge in [-0.2, -0.15) is 0 Å². The number of nitrogen functional groups attached to an aromatic ring is 1. The van der Waals surface area contributed by atoms with Crippen LogP contribution in [-0.2, 0) is 37.3 Å². The summed E-state index contributed by atoms with van der Waals surface area (Å²) in [6.07, 6.45) is 2.03. The Kier molecular flexibility index (Phi) is 15.8. The summed E-state index contributed by atoms with van der Waals surface area (Å²) in [7, 11) is -6.00. The lowest BCUT2D eigenvalue weighted by Crippen LogP contribution is -2.21. The first-order valence-electron chi connectivity index (χ1n) is 22.5. The maximum atomic E-state index is 14.0. The molecule has 2 aliphatic heterocycles. The largest absolute Gasteiger partial charge is 0.481 e. The van der Waals surface area contributed by atoms with Crippen LogP contribution in [0.1, 0.15) is 78.5 Å². The SMILES string of the molecule is C[C@H](Cc1ccc(Cl)c(F)c1)C(=O)O.Cc1noc(C)c1-c1ccc(N[C@H]2CCS(=O)(=O)C2)c(N)c1.Cc1noc(C)c1-c1ccc2c(c1)nc([C@H](C)Cc1ccc(Cl)c(F)c1)n2[C@H]1CCS(=O)(=O)C1. The number of halogens is 4. The standard InChI is InChI=1S/C25H25ClFN3O3S.C15H19N3O3S.C10H10ClFO2/c1-14(10-17-4-6-20(26)21(27)11-17)25-28-22-12-18(24-15(2)29-33-16(24)3)5-7-23(22)30(25)19-8-9-34(31,32)13-19;1-9-15(10(2)21-18-9)11-3-4-14(13(16)7-11)17-12-5-6-22(19,20)8-12;1-6(10(13)14)4-7-2-3-8(11)9(12)5-7/h4-7,11-12,14,19H,8-10,13H2,1-3H3;3-4,7,12,17H,5-6,8,16H2,1-2H3;2-3,5-6H,4H2,1H3,(H,13,14)/t14-,19+;12-;6-/m101/s1. The fourth-order valence-corrected chi connectivity index (χ4v) is 12.6. The van der Waals surface area contributed by atoms with Crippen molar-refractivity contribution < 1.29 is 44.6 Å². The van der Waals surface area contributed by atoms with Crippen molar-refractivity contribution in [3.05, 3.63) is 134 Å². The normalized spacial score (nSPS) is 17.9. The number of nitrogens with one attached hydrogen (secondary N) is 1. The maximum absolute atomic E-state index is 14.0. The number of carboxylic acids is 1. The number of rotatable bonds is 11. The van der Waals surface area contributed by atoms with Gasteiger partial charge in [0.1, 0.15) is 29.0 Å². The predicted octanol–water partition coefficient (Wildman–Crippen LogP) is 10.7. The number of sulfone groups is 2. The van der Waals surface area contributed by atoms with Gasteiger partial charge >= 0.3 is 5.97 Å². The number of carboxylic acid groups (broad SMARTS) is 1. The second-order valence-electron chi connectivity index (χ2n) is 18.1. The number of fused-ring (bicyclic) bond motifs is 1. The lowest BCUT2D eigenvalue weighted by molar-refractivity contribution is -0.141. The van der Waals surface area contributed by atoms with E-state index >= 15 is 0 Å². The van der Waals surface area contributed by atoms with Gasteiger partial charge in [0.15, 0.2) is 19.7 Å². The smallest absolute Gasteiger partial charge is 0.306 e. The van der Waals surface area contributed by atoms with Crippen molar-refractivity contribution in [2.75, 3.05) is 34.1 Å². The molecule has 0 unspecified atom stereocenters. The number of aryl methyl sites for hydroxylation is 4. The Morgan fingerprint density at radius 2 is 1.33 bits per heavy atom. The van der Waals surface area contributed by atoms with Gasteiger partial charge in [-0.3, -0.25) is 4.79 Å². The number of benzene rings is 4. The summed E-state index contributed by atoms with van der Waals surface area (Å²) in [6.45, 7) is 11.1. The minimum Gasteiger partial charge on any atom is -0.481 e. The van der Waals surface area contributed by atoms with Crippen LogP contribution in [0, 0.1) is 45.2 Å². The zero-order valence-electron chi connectivity index (χ0n) is 39.4. The van der Waals surface area contributed by atoms with Crippen molar-refractivity contribution in [2.45, 2.75) is 85.2 Å².